The van der Waals surface area contributed by atoms with Crippen LogP contribution in [0.2, 0.25) is 0 Å². The highest BCUT2D eigenvalue weighted by Gasteiger charge is 2.23. The average Bonchev–Trinajstić information content (AvgIpc) is 2.67. The van der Waals surface area contributed by atoms with Crippen LogP contribution in [0.3, 0.4) is 0 Å². The quantitative estimate of drug-likeness (QED) is 0.630. The van der Waals surface area contributed by atoms with Crippen LogP contribution in [0.1, 0.15) is 57.9 Å². The molecule has 1 N–H and O–H groups in total. The summed E-state index contributed by atoms with van der Waals surface area (Å²) in [6.45, 7) is 4.50. The van der Waals surface area contributed by atoms with Crippen LogP contribution >= 0.6 is 11.8 Å². The van der Waals surface area contributed by atoms with Crippen molar-refractivity contribution in [3.05, 3.63) is 52.4 Å². The third-order valence-corrected chi connectivity index (χ3v) is 7.29. The number of benzene rings is 1. The van der Waals surface area contributed by atoms with Crippen molar-refractivity contribution in [1.82, 2.24) is 0 Å². The van der Waals surface area contributed by atoms with E-state index < -0.39 is 5.63 Å². The van der Waals surface area contributed by atoms with Crippen molar-refractivity contribution in [2.24, 2.45) is 5.41 Å². The first-order valence-corrected chi connectivity index (χ1v) is 11.0. The zero-order valence-electron chi connectivity index (χ0n) is 16.4. The van der Waals surface area contributed by atoms with Crippen LogP contribution in [-0.2, 0) is 6.42 Å². The normalized spacial score (nSPS) is 15.8. The second-order valence-corrected chi connectivity index (χ2v) is 9.65. The molecular weight excluding hydrogens is 356 g/mol. The van der Waals surface area contributed by atoms with Crippen molar-refractivity contribution < 1.29 is 9.52 Å². The maximum atomic E-state index is 12.4. The van der Waals surface area contributed by atoms with Gasteiger partial charge in [-0.15, -0.1) is 0 Å². The first-order chi connectivity index (χ1) is 12.9. The third kappa shape index (κ3) is 5.65. The molecule has 1 aromatic heterocycles. The molecule has 3 nitrogen and oxygen atoms in total. The SMILES string of the molecule is CC(C)(CCc1c(O)cc(-c2ccccc2)oc1=O)CSC1CCCCC1. The Morgan fingerprint density at radius 2 is 1.85 bits per heavy atom. The van der Waals surface area contributed by atoms with Crippen molar-refractivity contribution in [3.8, 4) is 17.1 Å². The Kier molecular flexibility index (Phi) is 6.69. The van der Waals surface area contributed by atoms with E-state index in [2.05, 4.69) is 25.6 Å². The van der Waals surface area contributed by atoms with Gasteiger partial charge in [0.25, 0.3) is 0 Å². The van der Waals surface area contributed by atoms with E-state index in [9.17, 15) is 9.90 Å². The minimum absolute atomic E-state index is 0.0424. The minimum Gasteiger partial charge on any atom is -0.507 e. The van der Waals surface area contributed by atoms with Gasteiger partial charge in [-0.1, -0.05) is 63.4 Å². The number of thioether (sulfide) groups is 1. The summed E-state index contributed by atoms with van der Waals surface area (Å²) in [6.07, 6.45) is 8.19. The Labute approximate surface area is 166 Å². The lowest BCUT2D eigenvalue weighted by molar-refractivity contribution is 0.374. The standard InChI is InChI=1S/C23H30O3S/c1-23(2,16-27-18-11-7-4-8-12-18)14-13-19-20(24)15-21(26-22(19)25)17-9-5-3-6-10-17/h3,5-6,9-10,15,18,24H,4,7-8,11-14,16H2,1-2H3. The summed E-state index contributed by atoms with van der Waals surface area (Å²) in [6, 6.07) is 11.0. The average molecular weight is 387 g/mol. The number of hydrogen-bond donors (Lipinski definition) is 1. The summed E-state index contributed by atoms with van der Waals surface area (Å²) in [7, 11) is 0. The summed E-state index contributed by atoms with van der Waals surface area (Å²) < 4.78 is 5.47. The lowest BCUT2D eigenvalue weighted by atomic mass is 9.88. The number of aromatic hydroxyl groups is 1. The second-order valence-electron chi connectivity index (χ2n) is 8.36. The molecule has 4 heteroatoms. The van der Waals surface area contributed by atoms with Gasteiger partial charge in [0.2, 0.25) is 0 Å². The van der Waals surface area contributed by atoms with Gasteiger partial charge in [-0.25, -0.2) is 4.79 Å². The molecule has 1 aliphatic carbocycles. The molecule has 1 saturated carbocycles. The maximum absolute atomic E-state index is 12.4. The highest BCUT2D eigenvalue weighted by atomic mass is 32.2. The fraction of sp³-hybridized carbons (Fsp3) is 0.522. The van der Waals surface area contributed by atoms with Gasteiger partial charge in [0.15, 0.2) is 0 Å². The van der Waals surface area contributed by atoms with E-state index in [4.69, 9.17) is 4.42 Å². The fourth-order valence-corrected chi connectivity index (χ4v) is 5.09. The predicted molar refractivity (Wildman–Crippen MR) is 114 cm³/mol. The molecule has 0 atom stereocenters. The summed E-state index contributed by atoms with van der Waals surface area (Å²) in [5, 5.41) is 11.2. The van der Waals surface area contributed by atoms with Crippen molar-refractivity contribution >= 4 is 11.8 Å². The molecule has 3 rings (SSSR count). The highest BCUT2D eigenvalue weighted by molar-refractivity contribution is 7.99. The van der Waals surface area contributed by atoms with Crippen molar-refractivity contribution in [2.45, 2.75) is 64.0 Å². The Balaban J connectivity index is 1.62. The van der Waals surface area contributed by atoms with Gasteiger partial charge in [-0.3, -0.25) is 0 Å². The predicted octanol–water partition coefficient (Wildman–Crippen LogP) is 6.04. The molecule has 0 radical (unpaired) electrons. The van der Waals surface area contributed by atoms with E-state index in [0.29, 0.717) is 17.7 Å². The Bertz CT molecular complexity index is 789. The van der Waals surface area contributed by atoms with Gasteiger partial charge in [-0.2, -0.15) is 11.8 Å². The molecule has 1 aliphatic rings. The Hall–Kier alpha value is -1.68. The van der Waals surface area contributed by atoms with Gasteiger partial charge in [0, 0.05) is 16.9 Å². The van der Waals surface area contributed by atoms with E-state index in [1.807, 2.05) is 30.3 Å². The van der Waals surface area contributed by atoms with E-state index in [1.54, 1.807) is 6.07 Å². The first-order valence-electron chi connectivity index (χ1n) is 9.98. The molecule has 2 aromatic rings. The second kappa shape index (κ2) is 9.01. The molecule has 0 amide bonds. The molecule has 0 aliphatic heterocycles. The summed E-state index contributed by atoms with van der Waals surface area (Å²) in [4.78, 5) is 12.4. The summed E-state index contributed by atoms with van der Waals surface area (Å²) in [5.41, 5.74) is 0.884. The van der Waals surface area contributed by atoms with E-state index in [-0.39, 0.29) is 11.2 Å². The molecule has 0 saturated heterocycles. The summed E-state index contributed by atoms with van der Waals surface area (Å²) >= 11 is 2.08. The largest absolute Gasteiger partial charge is 0.507 e. The van der Waals surface area contributed by atoms with Gasteiger partial charge in [0.05, 0.1) is 5.56 Å². The van der Waals surface area contributed by atoms with Gasteiger partial charge in [-0.05, 0) is 36.9 Å². The third-order valence-electron chi connectivity index (χ3n) is 5.40. The molecule has 0 spiro atoms. The van der Waals surface area contributed by atoms with Crippen LogP contribution in [0.5, 0.6) is 5.75 Å². The highest BCUT2D eigenvalue weighted by Crippen LogP contribution is 2.35. The fourth-order valence-electron chi connectivity index (χ4n) is 3.59. The molecule has 1 fully saturated rings. The zero-order chi connectivity index (χ0) is 19.3. The lowest BCUT2D eigenvalue weighted by Gasteiger charge is -2.28. The molecule has 0 unspecified atom stereocenters. The topological polar surface area (TPSA) is 50.4 Å². The van der Waals surface area contributed by atoms with Crippen LogP contribution in [0.4, 0.5) is 0 Å². The van der Waals surface area contributed by atoms with Crippen molar-refractivity contribution in [1.29, 1.82) is 0 Å². The Morgan fingerprint density at radius 1 is 1.15 bits per heavy atom. The lowest BCUT2D eigenvalue weighted by Crippen LogP contribution is -2.21. The smallest absolute Gasteiger partial charge is 0.343 e. The van der Waals surface area contributed by atoms with E-state index >= 15 is 0 Å². The first kappa shape index (κ1) is 20.1. The molecular formula is C23H30O3S. The van der Waals surface area contributed by atoms with Crippen LogP contribution < -0.4 is 5.63 Å². The Morgan fingerprint density at radius 3 is 2.52 bits per heavy atom. The van der Waals surface area contributed by atoms with Crippen LogP contribution in [-0.4, -0.2) is 16.1 Å². The van der Waals surface area contributed by atoms with Gasteiger partial charge >= 0.3 is 5.63 Å². The van der Waals surface area contributed by atoms with E-state index in [1.165, 1.54) is 32.1 Å². The van der Waals surface area contributed by atoms with Crippen molar-refractivity contribution in [3.63, 3.8) is 0 Å². The van der Waals surface area contributed by atoms with Crippen molar-refractivity contribution in [2.75, 3.05) is 5.75 Å². The number of hydrogen-bond acceptors (Lipinski definition) is 4. The van der Waals surface area contributed by atoms with E-state index in [0.717, 1.165) is 23.0 Å². The molecule has 1 heterocycles. The number of rotatable bonds is 7. The minimum atomic E-state index is -0.426. The summed E-state index contributed by atoms with van der Waals surface area (Å²) in [5.74, 6) is 1.54. The maximum Gasteiger partial charge on any atom is 0.343 e. The van der Waals surface area contributed by atoms with Gasteiger partial charge in [0.1, 0.15) is 11.5 Å². The molecule has 27 heavy (non-hydrogen) atoms. The molecule has 0 bridgehead atoms. The zero-order valence-corrected chi connectivity index (χ0v) is 17.2. The van der Waals surface area contributed by atoms with Crippen LogP contribution in [0.15, 0.2) is 45.6 Å². The molecule has 146 valence electrons. The van der Waals surface area contributed by atoms with Crippen LogP contribution in [0.25, 0.3) is 11.3 Å². The monoisotopic (exact) mass is 386 g/mol. The van der Waals surface area contributed by atoms with Gasteiger partial charge < -0.3 is 9.52 Å². The van der Waals surface area contributed by atoms with Crippen LogP contribution in [0, 0.1) is 5.41 Å². The molecule has 1 aromatic carbocycles.